The lowest BCUT2D eigenvalue weighted by molar-refractivity contribution is -0.143. The third-order valence-corrected chi connectivity index (χ3v) is 12.6. The number of anilines is 1. The number of hydrogen-bond donors (Lipinski definition) is 2. The number of halogens is 2. The number of likely N-dealkylation sites (N-methyl/N-ethyl adjacent to an activating group) is 1. The van der Waals surface area contributed by atoms with Gasteiger partial charge in [-0.2, -0.15) is 0 Å². The fourth-order valence-corrected chi connectivity index (χ4v) is 8.75. The van der Waals surface area contributed by atoms with Crippen LogP contribution in [-0.2, 0) is 40.4 Å². The van der Waals surface area contributed by atoms with Crippen LogP contribution in [0.5, 0.6) is 17.2 Å². The van der Waals surface area contributed by atoms with Crippen LogP contribution in [-0.4, -0.2) is 54.0 Å². The van der Waals surface area contributed by atoms with E-state index in [0.717, 1.165) is 44.7 Å². The Hall–Kier alpha value is -6.33. The van der Waals surface area contributed by atoms with Crippen molar-refractivity contribution in [3.05, 3.63) is 177 Å². The molecule has 0 aromatic heterocycles. The van der Waals surface area contributed by atoms with Gasteiger partial charge in [0.2, 0.25) is 12.0 Å². The number of carboxylic acids is 1. The summed E-state index contributed by atoms with van der Waals surface area (Å²) in [6.07, 6.45) is 0.231. The maximum absolute atomic E-state index is 14.5. The molecular formula is C51H47Cl2N3O7. The first-order valence-electron chi connectivity index (χ1n) is 20.8. The highest BCUT2D eigenvalue weighted by molar-refractivity contribution is 6.42. The van der Waals surface area contributed by atoms with Crippen LogP contribution in [0.15, 0.2) is 133 Å². The van der Waals surface area contributed by atoms with Crippen LogP contribution in [0.4, 0.5) is 5.69 Å². The van der Waals surface area contributed by atoms with E-state index in [1.54, 1.807) is 43.3 Å². The van der Waals surface area contributed by atoms with Crippen LogP contribution in [0.1, 0.15) is 58.9 Å². The fourth-order valence-electron chi connectivity index (χ4n) is 8.43. The van der Waals surface area contributed by atoms with Gasteiger partial charge < -0.3 is 29.5 Å². The van der Waals surface area contributed by atoms with Gasteiger partial charge in [-0.25, -0.2) is 4.79 Å². The van der Waals surface area contributed by atoms with Gasteiger partial charge in [0.05, 0.1) is 28.9 Å². The van der Waals surface area contributed by atoms with E-state index in [9.17, 15) is 19.5 Å². The molecule has 0 bridgehead atoms. The highest BCUT2D eigenvalue weighted by Gasteiger charge is 2.40. The molecule has 6 aromatic rings. The van der Waals surface area contributed by atoms with Crippen molar-refractivity contribution in [2.24, 2.45) is 0 Å². The summed E-state index contributed by atoms with van der Waals surface area (Å²) in [5.74, 6) is 0.202. The summed E-state index contributed by atoms with van der Waals surface area (Å²) in [6.45, 7) is 2.78. The van der Waals surface area contributed by atoms with Crippen molar-refractivity contribution in [2.45, 2.75) is 63.6 Å². The third kappa shape index (κ3) is 9.54. The highest BCUT2D eigenvalue weighted by atomic mass is 35.5. The number of carbonyl (C=O) groups excluding carboxylic acids is 2. The van der Waals surface area contributed by atoms with Gasteiger partial charge in [0.1, 0.15) is 29.9 Å². The van der Waals surface area contributed by atoms with E-state index in [4.69, 9.17) is 37.4 Å². The Morgan fingerprint density at radius 1 is 0.825 bits per heavy atom. The van der Waals surface area contributed by atoms with Crippen LogP contribution in [0.2, 0.25) is 10.0 Å². The van der Waals surface area contributed by atoms with Crippen LogP contribution < -0.4 is 24.4 Å². The second kappa shape index (κ2) is 19.0. The summed E-state index contributed by atoms with van der Waals surface area (Å²) in [6, 6.07) is 39.9. The number of carboxylic acid groups (broad SMARTS) is 1. The zero-order chi connectivity index (χ0) is 44.2. The number of ether oxygens (including phenoxy) is 3. The number of nitrogens with one attached hydrogen (secondary N) is 1. The van der Waals surface area contributed by atoms with E-state index in [1.165, 1.54) is 0 Å². The van der Waals surface area contributed by atoms with Crippen molar-refractivity contribution in [3.8, 4) is 28.4 Å². The first-order valence-corrected chi connectivity index (χ1v) is 21.6. The summed E-state index contributed by atoms with van der Waals surface area (Å²) in [4.78, 5) is 44.9. The molecule has 10 nitrogen and oxygen atoms in total. The SMILES string of the molecule is CCC(c1ccccc1)N1Cc2cc3c(cc2CC1C(=O)N[C@@H](Cc1ccc(-c2ccc(OC)cc2)cc1)C(=O)O)N(C)C(=O)C(c1ccc(OCc2ccc(Cl)c(Cl)c2)cc1)O3. The lowest BCUT2D eigenvalue weighted by atomic mass is 9.88. The first kappa shape index (κ1) is 43.3. The minimum absolute atomic E-state index is 0.108. The van der Waals surface area contributed by atoms with Gasteiger partial charge >= 0.3 is 5.97 Å². The molecule has 0 fully saturated rings. The average Bonchev–Trinajstić information content (AvgIpc) is 3.30. The standard InChI is InChI=1S/C51H47Cl2N3O7/c1-4-44(35-8-6-5-7-9-35)56-29-38-28-47-45(55(2)50(58)48(63-47)36-17-21-40(22-18-36)62-30-32-12-23-41(52)42(53)24-32)26-37(38)27-46(56)49(57)54-43(51(59)60)25-31-10-13-33(14-11-31)34-15-19-39(61-3)20-16-34/h5-24,26,28,43-44,46,48H,4,25,27,29-30H2,1-3H3,(H,54,57)(H,59,60)/t43-,44?,46?,48?/m0/s1. The predicted molar refractivity (Wildman–Crippen MR) is 245 cm³/mol. The molecule has 12 heteroatoms. The van der Waals surface area contributed by atoms with Crippen molar-refractivity contribution in [3.63, 3.8) is 0 Å². The Bertz CT molecular complexity index is 2610. The van der Waals surface area contributed by atoms with Crippen molar-refractivity contribution in [2.75, 3.05) is 19.1 Å². The van der Waals surface area contributed by atoms with Crippen molar-refractivity contribution < 1.29 is 33.7 Å². The van der Waals surface area contributed by atoms with E-state index in [0.29, 0.717) is 58.8 Å². The summed E-state index contributed by atoms with van der Waals surface area (Å²) in [7, 11) is 3.35. The van der Waals surface area contributed by atoms with Crippen molar-refractivity contribution >= 4 is 46.7 Å². The monoisotopic (exact) mass is 883 g/mol. The Morgan fingerprint density at radius 3 is 2.14 bits per heavy atom. The van der Waals surface area contributed by atoms with Crippen LogP contribution in [0, 0.1) is 0 Å². The number of amides is 2. The molecule has 0 spiro atoms. The van der Waals surface area contributed by atoms with Crippen molar-refractivity contribution in [1.29, 1.82) is 0 Å². The molecule has 6 aromatic carbocycles. The molecule has 2 amide bonds. The predicted octanol–water partition coefficient (Wildman–Crippen LogP) is 10.0. The lowest BCUT2D eigenvalue weighted by Crippen LogP contribution is -2.55. The summed E-state index contributed by atoms with van der Waals surface area (Å²) in [5.41, 5.74) is 7.81. The Kier molecular flexibility index (Phi) is 13.0. The summed E-state index contributed by atoms with van der Waals surface area (Å²) in [5, 5.41) is 14.2. The van der Waals surface area contributed by atoms with Gasteiger partial charge in [0.15, 0.2) is 0 Å². The van der Waals surface area contributed by atoms with Crippen LogP contribution in [0.25, 0.3) is 11.1 Å². The number of carbonyl (C=O) groups is 3. The Labute approximate surface area is 376 Å². The van der Waals surface area contributed by atoms with Gasteiger partial charge in [-0.15, -0.1) is 0 Å². The maximum atomic E-state index is 14.5. The van der Waals surface area contributed by atoms with E-state index in [1.807, 2.05) is 97.1 Å². The first-order chi connectivity index (χ1) is 30.5. The second-order valence-electron chi connectivity index (χ2n) is 15.8. The van der Waals surface area contributed by atoms with Crippen LogP contribution in [0.3, 0.4) is 0 Å². The smallest absolute Gasteiger partial charge is 0.326 e. The van der Waals surface area contributed by atoms with Gasteiger partial charge in [0.25, 0.3) is 5.91 Å². The molecule has 4 atom stereocenters. The molecule has 0 radical (unpaired) electrons. The quantitative estimate of drug-likeness (QED) is 0.111. The minimum atomic E-state index is -1.16. The zero-order valence-electron chi connectivity index (χ0n) is 35.1. The number of methoxy groups -OCH3 is 1. The average molecular weight is 885 g/mol. The van der Waals surface area contributed by atoms with Crippen LogP contribution >= 0.6 is 23.2 Å². The molecule has 0 aliphatic carbocycles. The number of nitrogens with zero attached hydrogens (tertiary/aromatic N) is 2. The molecule has 63 heavy (non-hydrogen) atoms. The molecule has 2 N–H and O–H groups in total. The molecule has 322 valence electrons. The van der Waals surface area contributed by atoms with Gasteiger partial charge in [-0.1, -0.05) is 115 Å². The van der Waals surface area contributed by atoms with Gasteiger partial charge in [-0.3, -0.25) is 14.5 Å². The summed E-state index contributed by atoms with van der Waals surface area (Å²) >= 11 is 12.2. The third-order valence-electron chi connectivity index (χ3n) is 11.9. The molecule has 2 heterocycles. The van der Waals surface area contributed by atoms with E-state index < -0.39 is 24.2 Å². The molecule has 2 aliphatic rings. The normalized spacial score (nSPS) is 16.8. The minimum Gasteiger partial charge on any atom is -0.497 e. The molecule has 0 saturated heterocycles. The number of fused-ring (bicyclic) bond motifs is 2. The largest absolute Gasteiger partial charge is 0.497 e. The molecule has 2 aliphatic heterocycles. The lowest BCUT2D eigenvalue weighted by Gasteiger charge is -2.42. The Balaban J connectivity index is 1.02. The van der Waals surface area contributed by atoms with Gasteiger partial charge in [0, 0.05) is 31.6 Å². The molecule has 0 saturated carbocycles. The van der Waals surface area contributed by atoms with Crippen molar-refractivity contribution in [1.82, 2.24) is 10.2 Å². The maximum Gasteiger partial charge on any atom is 0.326 e. The summed E-state index contributed by atoms with van der Waals surface area (Å²) < 4.78 is 17.7. The second-order valence-corrected chi connectivity index (χ2v) is 16.7. The van der Waals surface area contributed by atoms with E-state index >= 15 is 0 Å². The Morgan fingerprint density at radius 2 is 1.49 bits per heavy atom. The zero-order valence-corrected chi connectivity index (χ0v) is 36.6. The number of hydrogen-bond acceptors (Lipinski definition) is 7. The molecular weight excluding hydrogens is 837 g/mol. The topological polar surface area (TPSA) is 118 Å². The number of benzene rings is 6. The van der Waals surface area contributed by atoms with Gasteiger partial charge in [-0.05, 0) is 100 Å². The molecule has 8 rings (SSSR count). The number of rotatable bonds is 14. The highest BCUT2D eigenvalue weighted by Crippen LogP contribution is 2.43. The fraction of sp³-hybridized carbons (Fsp3) is 0.235. The number of aliphatic carboxylic acids is 1. The van der Waals surface area contributed by atoms with E-state index in [-0.39, 0.29) is 24.3 Å². The molecule has 3 unspecified atom stereocenters. The van der Waals surface area contributed by atoms with E-state index in [2.05, 4.69) is 29.3 Å².